The molecule has 6 rings (SSSR count). The summed E-state index contributed by atoms with van der Waals surface area (Å²) in [5.74, 6) is -1.44. The van der Waals surface area contributed by atoms with Gasteiger partial charge in [-0.1, -0.05) is 38.1 Å². The predicted octanol–water partition coefficient (Wildman–Crippen LogP) is 1.99. The van der Waals surface area contributed by atoms with E-state index in [0.29, 0.717) is 57.6 Å². The van der Waals surface area contributed by atoms with Crippen LogP contribution in [-0.2, 0) is 31.0 Å². The van der Waals surface area contributed by atoms with Gasteiger partial charge in [0.2, 0.25) is 23.6 Å². The van der Waals surface area contributed by atoms with Crippen molar-refractivity contribution in [1.82, 2.24) is 36.1 Å². The topological polar surface area (TPSA) is 292 Å². The minimum Gasteiger partial charge on any atom is -0.493 e. The number of rotatable bonds is 15. The largest absolute Gasteiger partial charge is 0.493 e. The number of benzene rings is 3. The third kappa shape index (κ3) is 11.3. The summed E-state index contributed by atoms with van der Waals surface area (Å²) in [5, 5.41) is 20.0. The zero-order valence-corrected chi connectivity index (χ0v) is 39.4. The van der Waals surface area contributed by atoms with Crippen LogP contribution < -0.4 is 52.7 Å². The van der Waals surface area contributed by atoms with Gasteiger partial charge >= 0.3 is 0 Å². The number of ether oxygens (including phenoxy) is 3. The fourth-order valence-electron chi connectivity index (χ4n) is 8.42. The van der Waals surface area contributed by atoms with Gasteiger partial charge in [0.1, 0.15) is 61.2 Å². The summed E-state index contributed by atoms with van der Waals surface area (Å²) >= 11 is 0. The van der Waals surface area contributed by atoms with Crippen LogP contribution in [0, 0.1) is 25.2 Å². The third-order valence-corrected chi connectivity index (χ3v) is 12.1. The molecule has 19 heteroatoms. The number of carbonyl (C=O) groups excluding carboxylic acids is 5. The fourth-order valence-corrected chi connectivity index (χ4v) is 8.42. The first kappa shape index (κ1) is 50.3. The van der Waals surface area contributed by atoms with Gasteiger partial charge in [0.15, 0.2) is 5.82 Å². The molecule has 1 unspecified atom stereocenters. The van der Waals surface area contributed by atoms with Crippen molar-refractivity contribution in [2.45, 2.75) is 83.5 Å². The molecule has 0 spiro atoms. The van der Waals surface area contributed by atoms with Crippen LogP contribution in [0.15, 0.2) is 54.6 Å². The molecule has 360 valence electrons. The van der Waals surface area contributed by atoms with Gasteiger partial charge in [0.25, 0.3) is 5.91 Å². The number of nitrogens with two attached hydrogens (primary N) is 3. The Morgan fingerprint density at radius 2 is 1.59 bits per heavy atom. The highest BCUT2D eigenvalue weighted by molar-refractivity contribution is 6.00. The van der Waals surface area contributed by atoms with Crippen LogP contribution in [0.5, 0.6) is 17.2 Å². The molecule has 3 aromatic carbocycles. The van der Waals surface area contributed by atoms with Crippen molar-refractivity contribution in [1.29, 1.82) is 5.26 Å². The van der Waals surface area contributed by atoms with E-state index in [1.807, 2.05) is 24.3 Å². The molecule has 0 radical (unpaired) electrons. The monoisotopic (exact) mass is 931 g/mol. The molecule has 4 aromatic rings. The highest BCUT2D eigenvalue weighted by Gasteiger charge is 2.37. The number of aryl methyl sites for hydroxylation is 2. The molecule has 0 saturated heterocycles. The predicted molar refractivity (Wildman–Crippen MR) is 253 cm³/mol. The van der Waals surface area contributed by atoms with E-state index in [0.717, 1.165) is 23.3 Å². The van der Waals surface area contributed by atoms with E-state index in [1.54, 1.807) is 50.2 Å². The Morgan fingerprint density at radius 1 is 0.926 bits per heavy atom. The minimum atomic E-state index is -1.41. The zero-order valence-electron chi connectivity index (χ0n) is 39.4. The maximum atomic E-state index is 14.8. The van der Waals surface area contributed by atoms with Crippen LogP contribution in [0.2, 0.25) is 0 Å². The molecule has 2 aliphatic heterocycles. The van der Waals surface area contributed by atoms with Crippen LogP contribution >= 0.6 is 0 Å². The molecule has 0 aliphatic carbocycles. The molecule has 1 aromatic heterocycles. The smallest absolute Gasteiger partial charge is 0.255 e. The highest BCUT2D eigenvalue weighted by Crippen LogP contribution is 2.41. The molecular formula is C49H61N11O8. The Kier molecular flexibility index (Phi) is 16.3. The van der Waals surface area contributed by atoms with Crippen molar-refractivity contribution >= 4 is 29.5 Å². The maximum Gasteiger partial charge on any atom is 0.255 e. The summed E-state index contributed by atoms with van der Waals surface area (Å²) in [5.41, 5.74) is 22.3. The molecule has 68 heavy (non-hydrogen) atoms. The quantitative estimate of drug-likeness (QED) is 0.0840. The van der Waals surface area contributed by atoms with E-state index in [9.17, 15) is 29.2 Å². The van der Waals surface area contributed by atoms with Crippen molar-refractivity contribution < 1.29 is 38.2 Å². The highest BCUT2D eigenvalue weighted by atomic mass is 16.5. The lowest BCUT2D eigenvalue weighted by molar-refractivity contribution is -0.141. The summed E-state index contributed by atoms with van der Waals surface area (Å²) in [4.78, 5) is 81.3. The van der Waals surface area contributed by atoms with Gasteiger partial charge in [-0.05, 0) is 92.6 Å². The number of nitriles is 1. The van der Waals surface area contributed by atoms with E-state index in [1.165, 1.54) is 18.9 Å². The van der Waals surface area contributed by atoms with Crippen LogP contribution in [0.1, 0.15) is 78.1 Å². The lowest BCUT2D eigenvalue weighted by atomic mass is 9.79. The Labute approximate surface area is 395 Å². The van der Waals surface area contributed by atoms with Crippen LogP contribution in [0.3, 0.4) is 0 Å². The Balaban J connectivity index is 1.38. The SMILES string of the molecule is Cc1nc(-c2ccc3c(c2)OCCC3(C)C)nc(C)c1C(=O)N[C@@H](CCN)C(=O)N(C)[C@@H]1C(=O)NC(C)C(=O)N[C@H](C(=O)NCC#N)Cc2ccc(OCCN)c(c2)-c2cc1ccc2OCCN. The van der Waals surface area contributed by atoms with Gasteiger partial charge in [-0.25, -0.2) is 9.97 Å². The van der Waals surface area contributed by atoms with Gasteiger partial charge in [-0.15, -0.1) is 0 Å². The zero-order chi connectivity index (χ0) is 49.3. The number of nitrogens with zero attached hydrogens (tertiary/aromatic N) is 4. The first-order chi connectivity index (χ1) is 32.5. The molecule has 2 aliphatic rings. The molecule has 10 N–H and O–H groups in total. The van der Waals surface area contributed by atoms with E-state index >= 15 is 0 Å². The number of hydrogen-bond donors (Lipinski definition) is 7. The van der Waals surface area contributed by atoms with E-state index in [2.05, 4.69) is 35.1 Å². The fraction of sp³-hybridized carbons (Fsp3) is 0.429. The number of likely N-dealkylation sites (N-methyl/N-ethyl adjacent to an activating group) is 1. The van der Waals surface area contributed by atoms with Gasteiger partial charge < -0.3 is 57.6 Å². The average Bonchev–Trinajstić information content (AvgIpc) is 3.30. The van der Waals surface area contributed by atoms with Crippen molar-refractivity contribution in [2.24, 2.45) is 17.2 Å². The number of nitrogens with one attached hydrogen (secondary N) is 4. The minimum absolute atomic E-state index is 0.00136. The summed E-state index contributed by atoms with van der Waals surface area (Å²) in [6.45, 7) is 10.1. The van der Waals surface area contributed by atoms with Crippen molar-refractivity contribution in [3.63, 3.8) is 0 Å². The average molecular weight is 932 g/mol. The first-order valence-corrected chi connectivity index (χ1v) is 22.6. The lowest BCUT2D eigenvalue weighted by Gasteiger charge is -2.33. The second-order valence-corrected chi connectivity index (χ2v) is 17.5. The van der Waals surface area contributed by atoms with Crippen LogP contribution in [0.4, 0.5) is 0 Å². The summed E-state index contributed by atoms with van der Waals surface area (Å²) in [7, 11) is 1.42. The summed E-state index contributed by atoms with van der Waals surface area (Å²) in [6, 6.07) is 12.9. The van der Waals surface area contributed by atoms with Crippen molar-refractivity contribution in [3.05, 3.63) is 88.2 Å². The summed E-state index contributed by atoms with van der Waals surface area (Å²) in [6.07, 6.45) is 0.882. The van der Waals surface area contributed by atoms with Crippen LogP contribution in [-0.4, -0.2) is 116 Å². The van der Waals surface area contributed by atoms with Crippen LogP contribution in [0.25, 0.3) is 22.5 Å². The molecule has 5 amide bonds. The number of amides is 5. The number of fused-ring (bicyclic) bond motifs is 6. The molecule has 4 atom stereocenters. The number of carbonyl (C=O) groups is 5. The summed E-state index contributed by atoms with van der Waals surface area (Å²) < 4.78 is 18.2. The molecular weight excluding hydrogens is 871 g/mol. The second kappa shape index (κ2) is 22.1. The van der Waals surface area contributed by atoms with Gasteiger partial charge in [0, 0.05) is 43.2 Å². The lowest BCUT2D eigenvalue weighted by Crippen LogP contribution is -2.56. The normalized spacial score (nSPS) is 17.9. The maximum absolute atomic E-state index is 14.8. The number of hydrogen-bond acceptors (Lipinski definition) is 14. The molecule has 0 saturated carbocycles. The second-order valence-electron chi connectivity index (χ2n) is 17.5. The van der Waals surface area contributed by atoms with E-state index in [-0.39, 0.29) is 63.2 Å². The molecule has 19 nitrogen and oxygen atoms in total. The Hall–Kier alpha value is -7.14. The number of aromatic nitrogens is 2. The van der Waals surface area contributed by atoms with Gasteiger partial charge in [-0.2, -0.15) is 5.26 Å². The Morgan fingerprint density at radius 3 is 2.24 bits per heavy atom. The molecule has 4 bridgehead atoms. The van der Waals surface area contributed by atoms with Gasteiger partial charge in [0.05, 0.1) is 29.6 Å². The van der Waals surface area contributed by atoms with Crippen molar-refractivity contribution in [2.75, 3.05) is 53.0 Å². The molecule has 0 fully saturated rings. The Bertz CT molecular complexity index is 2570. The van der Waals surface area contributed by atoms with E-state index < -0.39 is 53.7 Å². The van der Waals surface area contributed by atoms with E-state index in [4.69, 9.17) is 41.4 Å². The first-order valence-electron chi connectivity index (χ1n) is 22.6. The van der Waals surface area contributed by atoms with Gasteiger partial charge in [-0.3, -0.25) is 24.0 Å². The third-order valence-electron chi connectivity index (χ3n) is 12.1. The standard InChI is InChI=1S/C49H61N11O8/c1-27-41(28(2)56-43(55-27)32-8-10-35-40(26-32)66-20-14-49(35,4)5)46(63)58-36(13-15-50)48(65)60(6)42-31-9-12-39(68-22-18-53)34(25-31)33-23-30(7-11-38(33)67-21-17-52)24-37(45(62)54-19-16-51)59-44(61)29(3)57-47(42)64/h7-12,23,25-26,29,36-37,42H,13-15,17-22,24,50,52-53H2,1-6H3,(H,54,62)(H,57,64)(H,58,63)(H,59,61)/t29?,36-,37-,42-/m0/s1. The van der Waals surface area contributed by atoms with Crippen molar-refractivity contribution in [3.8, 4) is 45.8 Å². The molecule has 3 heterocycles.